The van der Waals surface area contributed by atoms with E-state index in [0.717, 1.165) is 6.42 Å². The number of rotatable bonds is 6. The van der Waals surface area contributed by atoms with E-state index in [1.165, 1.54) is 0 Å². The number of anilines is 1. The number of aliphatic carboxylic acids is 1. The van der Waals surface area contributed by atoms with E-state index in [1.807, 2.05) is 0 Å². The molecular formula is C16H20N2O5. The summed E-state index contributed by atoms with van der Waals surface area (Å²) in [6.45, 7) is -0.236. The van der Waals surface area contributed by atoms with Gasteiger partial charge in [0.05, 0.1) is 5.92 Å². The minimum atomic E-state index is -0.843. The van der Waals surface area contributed by atoms with Crippen molar-refractivity contribution in [2.75, 3.05) is 11.9 Å². The molecule has 1 fully saturated rings. The van der Waals surface area contributed by atoms with Crippen molar-refractivity contribution < 1.29 is 24.2 Å². The third-order valence-electron chi connectivity index (χ3n) is 3.88. The van der Waals surface area contributed by atoms with Crippen LogP contribution in [0.2, 0.25) is 0 Å². The maximum atomic E-state index is 12.3. The second-order valence-electron chi connectivity index (χ2n) is 5.67. The lowest BCUT2D eigenvalue weighted by molar-refractivity contribution is -0.143. The molecule has 0 radical (unpaired) electrons. The van der Waals surface area contributed by atoms with Crippen molar-refractivity contribution in [3.63, 3.8) is 0 Å². The third-order valence-corrected chi connectivity index (χ3v) is 3.88. The Hall–Kier alpha value is -2.57. The maximum Gasteiger partial charge on any atom is 0.306 e. The van der Waals surface area contributed by atoms with E-state index in [2.05, 4.69) is 5.32 Å². The summed E-state index contributed by atoms with van der Waals surface area (Å²) in [6.07, 6.45) is 2.40. The predicted octanol–water partition coefficient (Wildman–Crippen LogP) is 1.38. The molecular weight excluding hydrogens is 300 g/mol. The van der Waals surface area contributed by atoms with Crippen LogP contribution in [0.15, 0.2) is 24.3 Å². The Morgan fingerprint density at radius 2 is 2.00 bits per heavy atom. The van der Waals surface area contributed by atoms with Gasteiger partial charge < -0.3 is 20.9 Å². The Morgan fingerprint density at radius 3 is 2.70 bits per heavy atom. The van der Waals surface area contributed by atoms with Gasteiger partial charge in [-0.1, -0.05) is 12.5 Å². The van der Waals surface area contributed by atoms with E-state index in [4.69, 9.17) is 15.6 Å². The van der Waals surface area contributed by atoms with Crippen LogP contribution < -0.4 is 15.8 Å². The van der Waals surface area contributed by atoms with E-state index in [0.29, 0.717) is 30.7 Å². The largest absolute Gasteiger partial charge is 0.484 e. The van der Waals surface area contributed by atoms with Crippen molar-refractivity contribution in [2.45, 2.75) is 25.7 Å². The number of ether oxygens (including phenoxy) is 1. The fourth-order valence-corrected chi connectivity index (χ4v) is 2.71. The maximum absolute atomic E-state index is 12.3. The normalized spacial score (nSPS) is 20.5. The summed E-state index contributed by atoms with van der Waals surface area (Å²) < 4.78 is 5.18. The first-order valence-electron chi connectivity index (χ1n) is 7.50. The number of primary amides is 1. The van der Waals surface area contributed by atoms with Crippen molar-refractivity contribution in [1.29, 1.82) is 0 Å². The van der Waals surface area contributed by atoms with Crippen LogP contribution in [-0.4, -0.2) is 29.5 Å². The number of carboxylic acid groups (broad SMARTS) is 1. The van der Waals surface area contributed by atoms with Crippen LogP contribution in [0.4, 0.5) is 5.69 Å². The molecule has 124 valence electrons. The molecule has 7 nitrogen and oxygen atoms in total. The summed E-state index contributed by atoms with van der Waals surface area (Å²) in [7, 11) is 0. The van der Waals surface area contributed by atoms with Gasteiger partial charge in [0, 0.05) is 17.7 Å². The van der Waals surface area contributed by atoms with Crippen LogP contribution in [0.5, 0.6) is 5.75 Å². The molecule has 0 spiro atoms. The molecule has 1 aromatic carbocycles. The van der Waals surface area contributed by atoms with Crippen molar-refractivity contribution in [1.82, 2.24) is 0 Å². The molecule has 4 N–H and O–H groups in total. The second kappa shape index (κ2) is 7.62. The third kappa shape index (κ3) is 4.98. The zero-order chi connectivity index (χ0) is 16.8. The van der Waals surface area contributed by atoms with Crippen LogP contribution in [0.25, 0.3) is 0 Å². The lowest BCUT2D eigenvalue weighted by Crippen LogP contribution is -2.30. The van der Waals surface area contributed by atoms with E-state index < -0.39 is 17.8 Å². The highest BCUT2D eigenvalue weighted by atomic mass is 16.5. The summed E-state index contributed by atoms with van der Waals surface area (Å²) in [4.78, 5) is 34.1. The average Bonchev–Trinajstić information content (AvgIpc) is 2.53. The molecule has 2 unspecified atom stereocenters. The number of hydrogen-bond donors (Lipinski definition) is 3. The number of hydrogen-bond acceptors (Lipinski definition) is 4. The van der Waals surface area contributed by atoms with Gasteiger partial charge in [0.2, 0.25) is 5.91 Å². The van der Waals surface area contributed by atoms with E-state index >= 15 is 0 Å². The van der Waals surface area contributed by atoms with Gasteiger partial charge in [-0.15, -0.1) is 0 Å². The molecule has 0 aliphatic heterocycles. The van der Waals surface area contributed by atoms with Crippen LogP contribution in [0, 0.1) is 11.8 Å². The molecule has 2 atom stereocenters. The highest BCUT2D eigenvalue weighted by Gasteiger charge is 2.31. The van der Waals surface area contributed by atoms with Crippen LogP contribution in [0.3, 0.4) is 0 Å². The topological polar surface area (TPSA) is 119 Å². The Bertz CT molecular complexity index is 602. The molecule has 0 bridgehead atoms. The second-order valence-corrected chi connectivity index (χ2v) is 5.67. The number of carbonyl (C=O) groups is 3. The van der Waals surface area contributed by atoms with Crippen molar-refractivity contribution >= 4 is 23.5 Å². The highest BCUT2D eigenvalue weighted by Crippen LogP contribution is 2.30. The Morgan fingerprint density at radius 1 is 1.26 bits per heavy atom. The summed E-state index contributed by atoms with van der Waals surface area (Å²) in [5, 5.41) is 11.9. The standard InChI is InChI=1S/C16H20N2O5/c17-14(19)9-23-13-6-2-5-12(8-13)18-15(20)10-3-1-4-11(7-10)16(21)22/h2,5-6,8,10-11H,1,3-4,7,9H2,(H2,17,19)(H,18,20)(H,21,22). The molecule has 23 heavy (non-hydrogen) atoms. The van der Waals surface area contributed by atoms with Crippen molar-refractivity contribution in [3.8, 4) is 5.75 Å². The van der Waals surface area contributed by atoms with Gasteiger partial charge in [-0.05, 0) is 31.4 Å². The highest BCUT2D eigenvalue weighted by molar-refractivity contribution is 5.93. The van der Waals surface area contributed by atoms with Gasteiger partial charge in [0.15, 0.2) is 6.61 Å². The first-order chi connectivity index (χ1) is 11.0. The molecule has 1 aliphatic carbocycles. The summed E-state index contributed by atoms with van der Waals surface area (Å²) >= 11 is 0. The lowest BCUT2D eigenvalue weighted by Gasteiger charge is -2.25. The number of nitrogens with two attached hydrogens (primary N) is 1. The van der Waals surface area contributed by atoms with E-state index in [9.17, 15) is 14.4 Å². The smallest absolute Gasteiger partial charge is 0.306 e. The number of carboxylic acids is 1. The Labute approximate surface area is 133 Å². The summed E-state index contributed by atoms with van der Waals surface area (Å²) in [5.74, 6) is -1.95. The molecule has 1 saturated carbocycles. The minimum absolute atomic E-state index is 0.192. The SMILES string of the molecule is NC(=O)COc1cccc(NC(=O)C2CCCC(C(=O)O)C2)c1. The molecule has 2 rings (SSSR count). The van der Waals surface area contributed by atoms with Gasteiger partial charge >= 0.3 is 5.97 Å². The summed E-state index contributed by atoms with van der Waals surface area (Å²) in [5.41, 5.74) is 5.55. The van der Waals surface area contributed by atoms with Gasteiger partial charge in [0.25, 0.3) is 5.91 Å². The van der Waals surface area contributed by atoms with Crippen molar-refractivity contribution in [3.05, 3.63) is 24.3 Å². The predicted molar refractivity (Wildman–Crippen MR) is 82.8 cm³/mol. The Kier molecular flexibility index (Phi) is 5.56. The fourth-order valence-electron chi connectivity index (χ4n) is 2.71. The van der Waals surface area contributed by atoms with E-state index in [1.54, 1.807) is 24.3 Å². The fraction of sp³-hybridized carbons (Fsp3) is 0.438. The van der Waals surface area contributed by atoms with Gasteiger partial charge in [-0.3, -0.25) is 14.4 Å². The number of benzene rings is 1. The molecule has 2 amide bonds. The van der Waals surface area contributed by atoms with E-state index in [-0.39, 0.29) is 18.4 Å². The molecule has 0 aromatic heterocycles. The number of nitrogens with one attached hydrogen (secondary N) is 1. The van der Waals surface area contributed by atoms with Crippen LogP contribution in [0.1, 0.15) is 25.7 Å². The first kappa shape index (κ1) is 16.8. The van der Waals surface area contributed by atoms with Crippen LogP contribution >= 0.6 is 0 Å². The average molecular weight is 320 g/mol. The number of amides is 2. The van der Waals surface area contributed by atoms with Gasteiger partial charge in [-0.25, -0.2) is 0 Å². The molecule has 0 heterocycles. The zero-order valence-electron chi connectivity index (χ0n) is 12.7. The number of carbonyl (C=O) groups excluding carboxylic acids is 2. The monoisotopic (exact) mass is 320 g/mol. The van der Waals surface area contributed by atoms with Gasteiger partial charge in [0.1, 0.15) is 5.75 Å². The zero-order valence-corrected chi connectivity index (χ0v) is 12.7. The molecule has 1 aliphatic rings. The molecule has 7 heteroatoms. The summed E-state index contributed by atoms with van der Waals surface area (Å²) in [6, 6.07) is 6.64. The molecule has 1 aromatic rings. The van der Waals surface area contributed by atoms with Crippen molar-refractivity contribution in [2.24, 2.45) is 17.6 Å². The van der Waals surface area contributed by atoms with Crippen LogP contribution in [-0.2, 0) is 14.4 Å². The quantitative estimate of drug-likeness (QED) is 0.731. The van der Waals surface area contributed by atoms with Gasteiger partial charge in [-0.2, -0.15) is 0 Å². The minimum Gasteiger partial charge on any atom is -0.484 e. The molecule has 0 saturated heterocycles. The lowest BCUT2D eigenvalue weighted by atomic mass is 9.81. The first-order valence-corrected chi connectivity index (χ1v) is 7.50. The Balaban J connectivity index is 1.95.